The Morgan fingerprint density at radius 2 is 0.917 bits per heavy atom. The lowest BCUT2D eigenvalue weighted by Gasteiger charge is -1.62. The van der Waals surface area contributed by atoms with Crippen LogP contribution >= 0.6 is 0 Å². The first-order valence-corrected chi connectivity index (χ1v) is 2.49. The van der Waals surface area contributed by atoms with Crippen molar-refractivity contribution in [2.24, 2.45) is 22.9 Å². The molecule has 0 bridgehead atoms. The number of carbonyl (C=O) groups excluding carboxylic acids is 2. The zero-order valence-corrected chi connectivity index (χ0v) is 6.48. The van der Waals surface area contributed by atoms with Crippen molar-refractivity contribution < 1.29 is 19.5 Å². The molecule has 0 rings (SSSR count). The standard InChI is InChI=1S/C2H4O2.2CH4N2O/c1-2(3)4;2*2-1(3)4/h1H3,(H,3,4);2*(H4,2,3,4). The lowest BCUT2D eigenvalue weighted by Crippen LogP contribution is -2.18. The van der Waals surface area contributed by atoms with Gasteiger partial charge in [0.05, 0.1) is 0 Å². The number of carboxylic acids is 1. The fraction of sp³-hybridized carbons (Fsp3) is 0.250. The number of primary amides is 4. The van der Waals surface area contributed by atoms with Crippen LogP contribution in [-0.2, 0) is 4.79 Å². The quantitative estimate of drug-likeness (QED) is 0.293. The van der Waals surface area contributed by atoms with E-state index in [9.17, 15) is 0 Å². The van der Waals surface area contributed by atoms with Gasteiger partial charge in [0, 0.05) is 6.92 Å². The number of aliphatic carboxylic acids is 1. The molecule has 12 heavy (non-hydrogen) atoms. The normalized spacial score (nSPS) is 6.08. The summed E-state index contributed by atoms with van der Waals surface area (Å²) in [4.78, 5) is 27.0. The Bertz CT molecular complexity index is 117. The third kappa shape index (κ3) is 99.4. The SMILES string of the molecule is CC(=O)O.NC(N)=O.NC(N)=O. The monoisotopic (exact) mass is 180 g/mol. The van der Waals surface area contributed by atoms with E-state index in [-0.39, 0.29) is 0 Å². The zero-order chi connectivity index (χ0) is 10.7. The molecule has 0 unspecified atom stereocenters. The van der Waals surface area contributed by atoms with Crippen LogP contribution < -0.4 is 22.9 Å². The predicted molar refractivity (Wildman–Crippen MR) is 40.9 cm³/mol. The molecule has 0 aliphatic rings. The summed E-state index contributed by atoms with van der Waals surface area (Å²) >= 11 is 0. The highest BCUT2D eigenvalue weighted by Crippen LogP contribution is 1.42. The summed E-state index contributed by atoms with van der Waals surface area (Å²) in [6, 6.07) is -1.67. The molecule has 0 fully saturated rings. The van der Waals surface area contributed by atoms with Gasteiger partial charge in [0.25, 0.3) is 5.97 Å². The van der Waals surface area contributed by atoms with E-state index >= 15 is 0 Å². The van der Waals surface area contributed by atoms with Crippen molar-refractivity contribution in [3.63, 3.8) is 0 Å². The second-order valence-electron chi connectivity index (χ2n) is 1.32. The molecule has 72 valence electrons. The first-order valence-electron chi connectivity index (χ1n) is 2.49. The van der Waals surface area contributed by atoms with Crippen LogP contribution in [0.25, 0.3) is 0 Å². The molecule has 0 saturated heterocycles. The van der Waals surface area contributed by atoms with E-state index in [0.29, 0.717) is 0 Å². The van der Waals surface area contributed by atoms with Crippen LogP contribution in [0.4, 0.5) is 9.59 Å². The number of carbonyl (C=O) groups is 3. The second-order valence-corrected chi connectivity index (χ2v) is 1.32. The third-order valence-electron chi connectivity index (χ3n) is 0. The Labute approximate surface area is 68.5 Å². The molecule has 0 aliphatic heterocycles. The number of amides is 4. The van der Waals surface area contributed by atoms with Gasteiger partial charge in [-0.15, -0.1) is 0 Å². The highest BCUT2D eigenvalue weighted by atomic mass is 16.4. The summed E-state index contributed by atoms with van der Waals surface area (Å²) in [5, 5.41) is 7.42. The van der Waals surface area contributed by atoms with Crippen molar-refractivity contribution >= 4 is 18.0 Å². The van der Waals surface area contributed by atoms with Crippen LogP contribution in [-0.4, -0.2) is 23.1 Å². The lowest BCUT2D eigenvalue weighted by atomic mass is 10.9. The number of rotatable bonds is 0. The van der Waals surface area contributed by atoms with Gasteiger partial charge in [0.2, 0.25) is 0 Å². The number of urea groups is 2. The maximum Gasteiger partial charge on any atom is 0.309 e. The molecule has 0 atom stereocenters. The van der Waals surface area contributed by atoms with Crippen molar-refractivity contribution in [1.29, 1.82) is 0 Å². The van der Waals surface area contributed by atoms with Gasteiger partial charge >= 0.3 is 12.1 Å². The van der Waals surface area contributed by atoms with E-state index in [1.54, 1.807) is 0 Å². The van der Waals surface area contributed by atoms with Crippen molar-refractivity contribution in [3.8, 4) is 0 Å². The van der Waals surface area contributed by atoms with Gasteiger partial charge in [-0.25, -0.2) is 9.59 Å². The van der Waals surface area contributed by atoms with Crippen LogP contribution in [0.5, 0.6) is 0 Å². The van der Waals surface area contributed by atoms with E-state index < -0.39 is 18.0 Å². The summed E-state index contributed by atoms with van der Waals surface area (Å²) in [7, 11) is 0. The zero-order valence-electron chi connectivity index (χ0n) is 6.48. The maximum absolute atomic E-state index is 9.00. The Morgan fingerprint density at radius 1 is 0.917 bits per heavy atom. The Balaban J connectivity index is -0.000000101. The van der Waals surface area contributed by atoms with E-state index in [1.165, 1.54) is 0 Å². The number of carboxylic acid groups (broad SMARTS) is 1. The summed E-state index contributed by atoms with van der Waals surface area (Å²) in [6.45, 7) is 1.08. The van der Waals surface area contributed by atoms with E-state index in [2.05, 4.69) is 22.9 Å². The van der Waals surface area contributed by atoms with Crippen molar-refractivity contribution in [2.75, 3.05) is 0 Å². The van der Waals surface area contributed by atoms with Crippen LogP contribution in [0.3, 0.4) is 0 Å². The molecule has 8 nitrogen and oxygen atoms in total. The summed E-state index contributed by atoms with van der Waals surface area (Å²) in [6.07, 6.45) is 0. The minimum atomic E-state index is -0.833. The van der Waals surface area contributed by atoms with Crippen molar-refractivity contribution in [2.45, 2.75) is 6.92 Å². The fourth-order valence-electron chi connectivity index (χ4n) is 0. The summed E-state index contributed by atoms with van der Waals surface area (Å²) in [5.41, 5.74) is 17.0. The third-order valence-corrected chi connectivity index (χ3v) is 0. The van der Waals surface area contributed by atoms with Crippen LogP contribution in [0.1, 0.15) is 6.92 Å². The smallest absolute Gasteiger partial charge is 0.309 e. The van der Waals surface area contributed by atoms with Gasteiger partial charge in [-0.2, -0.15) is 0 Å². The van der Waals surface area contributed by atoms with Crippen molar-refractivity contribution in [1.82, 2.24) is 0 Å². The molecular weight excluding hydrogens is 168 g/mol. The molecule has 0 aromatic rings. The Hall–Kier alpha value is -1.99. The van der Waals surface area contributed by atoms with E-state index in [0.717, 1.165) is 6.92 Å². The van der Waals surface area contributed by atoms with Gasteiger partial charge in [-0.1, -0.05) is 0 Å². The molecule has 0 aliphatic carbocycles. The first-order chi connectivity index (χ1) is 5.20. The number of hydrogen-bond acceptors (Lipinski definition) is 3. The summed E-state index contributed by atoms with van der Waals surface area (Å²) < 4.78 is 0. The van der Waals surface area contributed by atoms with Gasteiger partial charge in [0.1, 0.15) is 0 Å². The van der Waals surface area contributed by atoms with Gasteiger partial charge in [-0.3, -0.25) is 4.79 Å². The highest BCUT2D eigenvalue weighted by Gasteiger charge is 1.65. The van der Waals surface area contributed by atoms with Gasteiger partial charge in [-0.05, 0) is 0 Å². The molecule has 0 aromatic carbocycles. The van der Waals surface area contributed by atoms with Crippen LogP contribution in [0.15, 0.2) is 0 Å². The molecule has 0 heterocycles. The van der Waals surface area contributed by atoms with Gasteiger partial charge < -0.3 is 28.0 Å². The number of nitrogens with two attached hydrogens (primary N) is 4. The van der Waals surface area contributed by atoms with Crippen molar-refractivity contribution in [3.05, 3.63) is 0 Å². The average molecular weight is 180 g/mol. The Morgan fingerprint density at radius 3 is 0.917 bits per heavy atom. The molecule has 0 aromatic heterocycles. The van der Waals surface area contributed by atoms with E-state index in [1.807, 2.05) is 0 Å². The minimum absolute atomic E-state index is 0.833. The molecule has 8 heteroatoms. The molecule has 4 amide bonds. The Kier molecular flexibility index (Phi) is 16.2. The number of hydrogen-bond donors (Lipinski definition) is 5. The lowest BCUT2D eigenvalue weighted by molar-refractivity contribution is -0.134. The molecule has 0 saturated carbocycles. The van der Waals surface area contributed by atoms with Crippen LogP contribution in [0, 0.1) is 0 Å². The maximum atomic E-state index is 9.00. The molecule has 0 spiro atoms. The molecular formula is C4H12N4O4. The van der Waals surface area contributed by atoms with E-state index in [4.69, 9.17) is 19.5 Å². The predicted octanol–water partition coefficient (Wildman–Crippen LogP) is -1.86. The first kappa shape index (κ1) is 16.5. The topological polar surface area (TPSA) is 176 Å². The largest absolute Gasteiger partial charge is 0.481 e. The minimum Gasteiger partial charge on any atom is -0.481 e. The molecule has 0 radical (unpaired) electrons. The van der Waals surface area contributed by atoms with Crippen LogP contribution in [0.2, 0.25) is 0 Å². The van der Waals surface area contributed by atoms with Gasteiger partial charge in [0.15, 0.2) is 0 Å². The average Bonchev–Trinajstić information content (AvgIpc) is 1.54. The second kappa shape index (κ2) is 11.8. The fourth-order valence-corrected chi connectivity index (χ4v) is 0. The summed E-state index contributed by atoms with van der Waals surface area (Å²) in [5.74, 6) is -0.833. The molecule has 9 N–H and O–H groups in total. The highest BCUT2D eigenvalue weighted by molar-refractivity contribution is 5.69.